The normalized spacial score (nSPS) is 21.6. The van der Waals surface area contributed by atoms with E-state index in [0.717, 1.165) is 71.9 Å². The Morgan fingerprint density at radius 1 is 1.23 bits per heavy atom. The van der Waals surface area contributed by atoms with Crippen LogP contribution in [0.1, 0.15) is 36.6 Å². The zero-order valence-electron chi connectivity index (χ0n) is 17.2. The van der Waals surface area contributed by atoms with Gasteiger partial charge in [0.2, 0.25) is 11.0 Å². The quantitative estimate of drug-likeness (QED) is 0.512. The molecule has 0 bridgehead atoms. The molecule has 3 aromatic rings. The van der Waals surface area contributed by atoms with E-state index in [4.69, 9.17) is 9.72 Å². The Kier molecular flexibility index (Phi) is 6.68. The second kappa shape index (κ2) is 9.81. The van der Waals surface area contributed by atoms with Crippen molar-refractivity contribution in [3.05, 3.63) is 29.3 Å². The van der Waals surface area contributed by atoms with E-state index >= 15 is 0 Å². The van der Waals surface area contributed by atoms with Gasteiger partial charge >= 0.3 is 0 Å². The maximum absolute atomic E-state index is 12.8. The van der Waals surface area contributed by atoms with Crippen LogP contribution in [0, 0.1) is 0 Å². The molecule has 2 fully saturated rings. The van der Waals surface area contributed by atoms with Gasteiger partial charge in [-0.2, -0.15) is 0 Å². The topological polar surface area (TPSA) is 80.2 Å². The highest BCUT2D eigenvalue weighted by molar-refractivity contribution is 8.01. The molecule has 2 aliphatic heterocycles. The first-order valence-corrected chi connectivity index (χ1v) is 13.3. The van der Waals surface area contributed by atoms with Crippen LogP contribution in [0.5, 0.6) is 0 Å². The van der Waals surface area contributed by atoms with Crippen LogP contribution in [0.2, 0.25) is 0 Å². The molecule has 2 aromatic heterocycles. The molecule has 0 aliphatic carbocycles. The number of amides is 1. The van der Waals surface area contributed by atoms with Crippen molar-refractivity contribution in [1.82, 2.24) is 20.1 Å². The summed E-state index contributed by atoms with van der Waals surface area (Å²) in [5, 5.41) is 13.6. The van der Waals surface area contributed by atoms with Crippen molar-refractivity contribution < 1.29 is 9.53 Å². The smallest absolute Gasteiger partial charge is 0.233 e. The number of anilines is 1. The fourth-order valence-corrected chi connectivity index (χ4v) is 6.79. The summed E-state index contributed by atoms with van der Waals surface area (Å²) >= 11 is 4.73. The van der Waals surface area contributed by atoms with Gasteiger partial charge < -0.3 is 15.0 Å². The van der Waals surface area contributed by atoms with Gasteiger partial charge in [-0.1, -0.05) is 35.2 Å². The fourth-order valence-electron chi connectivity index (χ4n) is 4.03. The van der Waals surface area contributed by atoms with Gasteiger partial charge in [-0.05, 0) is 37.8 Å². The summed E-state index contributed by atoms with van der Waals surface area (Å²) < 4.78 is 7.66. The zero-order chi connectivity index (χ0) is 21.0. The van der Waals surface area contributed by atoms with Crippen molar-refractivity contribution in [2.24, 2.45) is 0 Å². The maximum atomic E-state index is 12.8. The minimum Gasteiger partial charge on any atom is -0.376 e. The van der Waals surface area contributed by atoms with Crippen LogP contribution in [0.4, 0.5) is 5.13 Å². The Balaban J connectivity index is 1.12. The molecule has 7 nitrogen and oxygen atoms in total. The zero-order valence-corrected chi connectivity index (χ0v) is 19.6. The lowest BCUT2D eigenvalue weighted by Crippen LogP contribution is -2.40. The molecular formula is C21H25N5O2S3. The summed E-state index contributed by atoms with van der Waals surface area (Å²) in [5.74, 6) is 0.891. The van der Waals surface area contributed by atoms with Gasteiger partial charge in [0.25, 0.3) is 0 Å². The van der Waals surface area contributed by atoms with Gasteiger partial charge in [0.1, 0.15) is 0 Å². The van der Waals surface area contributed by atoms with Gasteiger partial charge in [-0.25, -0.2) is 4.98 Å². The number of thioether (sulfide) groups is 1. The molecule has 0 saturated carbocycles. The molecule has 5 rings (SSSR count). The van der Waals surface area contributed by atoms with Crippen LogP contribution in [-0.2, 0) is 9.53 Å². The van der Waals surface area contributed by atoms with Crippen LogP contribution < -0.4 is 5.32 Å². The summed E-state index contributed by atoms with van der Waals surface area (Å²) in [6, 6.07) is 8.25. The number of nitrogens with one attached hydrogen (secondary N) is 1. The Morgan fingerprint density at radius 3 is 3.03 bits per heavy atom. The predicted octanol–water partition coefficient (Wildman–Crippen LogP) is 4.24. The number of aromatic nitrogens is 3. The standard InChI is InChI=1S/C21H25N5O2S3/c27-18(13-29-21-25-24-20(31-21)22-11-15-6-4-10-28-15)26-9-3-5-14(12-26)19-23-16-7-1-2-8-17(16)30-19/h1-2,7-8,14-15H,3-6,9-13H2,(H,22,24)/t14-,15+/m1/s1. The Morgan fingerprint density at radius 2 is 2.16 bits per heavy atom. The number of carbonyl (C=O) groups is 1. The minimum absolute atomic E-state index is 0.167. The summed E-state index contributed by atoms with van der Waals surface area (Å²) in [5.41, 5.74) is 1.06. The predicted molar refractivity (Wildman–Crippen MR) is 126 cm³/mol. The number of nitrogens with zero attached hydrogens (tertiary/aromatic N) is 4. The van der Waals surface area contributed by atoms with Crippen LogP contribution in [-0.4, -0.2) is 64.1 Å². The number of hydrogen-bond donors (Lipinski definition) is 1. The summed E-state index contributed by atoms with van der Waals surface area (Å²) in [4.78, 5) is 19.6. The van der Waals surface area contributed by atoms with E-state index in [2.05, 4.69) is 33.7 Å². The number of rotatable bonds is 7. The van der Waals surface area contributed by atoms with E-state index in [1.54, 1.807) is 11.3 Å². The average Bonchev–Trinajstić information content (AvgIpc) is 3.56. The lowest BCUT2D eigenvalue weighted by molar-refractivity contribution is -0.129. The van der Waals surface area contributed by atoms with Gasteiger partial charge in [-0.3, -0.25) is 4.79 Å². The van der Waals surface area contributed by atoms with E-state index < -0.39 is 0 Å². The number of carbonyl (C=O) groups excluding carboxylic acids is 1. The van der Waals surface area contributed by atoms with Gasteiger partial charge in [0.15, 0.2) is 4.34 Å². The third kappa shape index (κ3) is 5.19. The van der Waals surface area contributed by atoms with Crippen LogP contribution in [0.25, 0.3) is 10.2 Å². The first-order chi connectivity index (χ1) is 15.2. The number of ether oxygens (including phenoxy) is 1. The van der Waals surface area contributed by atoms with Crippen molar-refractivity contribution in [3.63, 3.8) is 0 Å². The Bertz CT molecular complexity index is 1000. The average molecular weight is 476 g/mol. The van der Waals surface area contributed by atoms with E-state index in [-0.39, 0.29) is 12.0 Å². The van der Waals surface area contributed by atoms with Crippen LogP contribution in [0.3, 0.4) is 0 Å². The van der Waals surface area contributed by atoms with E-state index in [1.165, 1.54) is 27.8 Å². The molecule has 2 aliphatic rings. The number of para-hydroxylation sites is 1. The molecule has 1 aromatic carbocycles. The summed E-state index contributed by atoms with van der Waals surface area (Å²) in [6.45, 7) is 3.19. The first-order valence-electron chi connectivity index (χ1n) is 10.7. The van der Waals surface area contributed by atoms with Gasteiger partial charge in [0.05, 0.1) is 27.1 Å². The molecule has 4 heterocycles. The molecule has 2 saturated heterocycles. The second-order valence-electron chi connectivity index (χ2n) is 7.88. The number of likely N-dealkylation sites (tertiary alicyclic amines) is 1. The molecule has 0 spiro atoms. The number of benzene rings is 1. The number of thiazole rings is 1. The van der Waals surface area contributed by atoms with Crippen molar-refractivity contribution in [2.45, 2.75) is 42.0 Å². The third-order valence-corrected chi connectivity index (χ3v) is 8.86. The summed E-state index contributed by atoms with van der Waals surface area (Å²) in [7, 11) is 0. The number of piperidine rings is 1. The Hall–Kier alpha value is -1.75. The van der Waals surface area contributed by atoms with E-state index in [0.29, 0.717) is 11.7 Å². The molecular weight excluding hydrogens is 450 g/mol. The SMILES string of the molecule is O=C(CSc1nnc(NC[C@@H]2CCCO2)s1)N1CCC[C@@H](c2nc3ccccc3s2)C1. The monoisotopic (exact) mass is 475 g/mol. The molecule has 2 atom stereocenters. The highest BCUT2D eigenvalue weighted by atomic mass is 32.2. The second-order valence-corrected chi connectivity index (χ2v) is 11.1. The van der Waals surface area contributed by atoms with Gasteiger partial charge in [0, 0.05) is 32.2 Å². The molecule has 1 amide bonds. The van der Waals surface area contributed by atoms with Crippen LogP contribution in [0.15, 0.2) is 28.6 Å². The van der Waals surface area contributed by atoms with Gasteiger partial charge in [-0.15, -0.1) is 21.5 Å². The fraction of sp³-hybridized carbons (Fsp3) is 0.524. The minimum atomic E-state index is 0.167. The first kappa shape index (κ1) is 21.1. The van der Waals surface area contributed by atoms with E-state index in [9.17, 15) is 4.79 Å². The molecule has 10 heteroatoms. The number of fused-ring (bicyclic) bond motifs is 1. The van der Waals surface area contributed by atoms with Crippen molar-refractivity contribution in [2.75, 3.05) is 37.3 Å². The lowest BCUT2D eigenvalue weighted by Gasteiger charge is -2.31. The van der Waals surface area contributed by atoms with E-state index in [1.807, 2.05) is 11.0 Å². The highest BCUT2D eigenvalue weighted by Gasteiger charge is 2.27. The van der Waals surface area contributed by atoms with Crippen molar-refractivity contribution in [3.8, 4) is 0 Å². The Labute approximate surface area is 193 Å². The van der Waals surface area contributed by atoms with Crippen LogP contribution >= 0.6 is 34.4 Å². The largest absolute Gasteiger partial charge is 0.376 e. The molecule has 1 N–H and O–H groups in total. The van der Waals surface area contributed by atoms with Crippen molar-refractivity contribution >= 4 is 55.7 Å². The highest BCUT2D eigenvalue weighted by Crippen LogP contribution is 2.33. The third-order valence-electron chi connectivity index (χ3n) is 5.66. The maximum Gasteiger partial charge on any atom is 0.233 e. The number of hydrogen-bond acceptors (Lipinski definition) is 9. The van der Waals surface area contributed by atoms with Crippen molar-refractivity contribution in [1.29, 1.82) is 0 Å². The molecule has 0 radical (unpaired) electrons. The molecule has 164 valence electrons. The lowest BCUT2D eigenvalue weighted by atomic mass is 9.99. The molecule has 0 unspecified atom stereocenters. The summed E-state index contributed by atoms with van der Waals surface area (Å²) in [6.07, 6.45) is 4.60. The molecule has 31 heavy (non-hydrogen) atoms.